The van der Waals surface area contributed by atoms with Gasteiger partial charge in [-0.15, -0.1) is 0 Å². The number of rotatable bonds is 2. The Morgan fingerprint density at radius 3 is 2.53 bits per heavy atom. The van der Waals surface area contributed by atoms with Gasteiger partial charge in [0.15, 0.2) is 6.20 Å². The van der Waals surface area contributed by atoms with Crippen molar-refractivity contribution in [3.8, 4) is 22.4 Å². The van der Waals surface area contributed by atoms with Gasteiger partial charge in [-0.3, -0.25) is 0 Å². The molecule has 0 fully saturated rings. The van der Waals surface area contributed by atoms with Gasteiger partial charge in [-0.25, -0.2) is 4.57 Å². The van der Waals surface area contributed by atoms with Gasteiger partial charge in [0.2, 0.25) is 5.69 Å². The van der Waals surface area contributed by atoms with Crippen LogP contribution in [0.1, 0.15) is 17.5 Å². The van der Waals surface area contributed by atoms with Crippen molar-refractivity contribution in [1.82, 2.24) is 0 Å². The van der Waals surface area contributed by atoms with Crippen LogP contribution in [0.4, 0.5) is 5.69 Å². The predicted molar refractivity (Wildman–Crippen MR) is 132 cm³/mol. The standard InChI is InChI=1S/C29H27N2O/c1-19-15-16-24-23-11-6-10-22(20-9-7-14-25-21(20)12-8-18-30(25)2)28(23)32-29(24)27(19)26-13-4-5-17-31(26)3/h4-7,9-11,13-17H,8,12,18H2,1-3H3/q+1. The van der Waals surface area contributed by atoms with Gasteiger partial charge >= 0.3 is 0 Å². The topological polar surface area (TPSA) is 20.3 Å². The van der Waals surface area contributed by atoms with Crippen LogP contribution in [0.15, 0.2) is 77.3 Å². The number of nitrogens with zero attached hydrogens (tertiary/aromatic N) is 2. The molecule has 0 saturated carbocycles. The fraction of sp³-hybridized carbons (Fsp3) is 0.207. The van der Waals surface area contributed by atoms with Gasteiger partial charge in [0.05, 0.1) is 5.56 Å². The summed E-state index contributed by atoms with van der Waals surface area (Å²) < 4.78 is 8.92. The minimum Gasteiger partial charge on any atom is -0.454 e. The average Bonchev–Trinajstić information content (AvgIpc) is 3.18. The van der Waals surface area contributed by atoms with E-state index in [0.717, 1.165) is 29.8 Å². The number of hydrogen-bond acceptors (Lipinski definition) is 2. The molecule has 3 nitrogen and oxygen atoms in total. The van der Waals surface area contributed by atoms with E-state index in [1.54, 1.807) is 0 Å². The molecule has 3 heterocycles. The van der Waals surface area contributed by atoms with Crippen LogP contribution in [-0.2, 0) is 13.5 Å². The molecular weight excluding hydrogens is 392 g/mol. The Labute approximate surface area is 188 Å². The number of benzene rings is 3. The Morgan fingerprint density at radius 1 is 0.844 bits per heavy atom. The van der Waals surface area contributed by atoms with E-state index in [2.05, 4.69) is 103 Å². The lowest BCUT2D eigenvalue weighted by Gasteiger charge is -2.29. The summed E-state index contributed by atoms with van der Waals surface area (Å²) in [4.78, 5) is 2.37. The van der Waals surface area contributed by atoms with Crippen LogP contribution < -0.4 is 9.47 Å². The Balaban J connectivity index is 1.67. The largest absolute Gasteiger partial charge is 0.454 e. The van der Waals surface area contributed by atoms with Gasteiger partial charge in [0.25, 0.3) is 0 Å². The molecular formula is C29H27N2O+. The highest BCUT2D eigenvalue weighted by Gasteiger charge is 2.23. The molecule has 6 rings (SSSR count). The summed E-state index contributed by atoms with van der Waals surface area (Å²) in [7, 11) is 4.28. The normalized spacial score (nSPS) is 13.7. The van der Waals surface area contributed by atoms with E-state index in [9.17, 15) is 0 Å². The summed E-state index contributed by atoms with van der Waals surface area (Å²) in [6.07, 6.45) is 4.38. The maximum Gasteiger partial charge on any atom is 0.216 e. The third-order valence-corrected chi connectivity index (χ3v) is 6.96. The number of anilines is 1. The quantitative estimate of drug-likeness (QED) is 0.307. The molecule has 3 heteroatoms. The summed E-state index contributed by atoms with van der Waals surface area (Å²) in [6, 6.07) is 24.0. The summed E-state index contributed by atoms with van der Waals surface area (Å²) in [6.45, 7) is 3.28. The summed E-state index contributed by atoms with van der Waals surface area (Å²) in [5.74, 6) is 0. The van der Waals surface area contributed by atoms with Crippen molar-refractivity contribution in [3.05, 3.63) is 84.1 Å². The van der Waals surface area contributed by atoms with Crippen LogP contribution in [0.2, 0.25) is 0 Å². The van der Waals surface area contributed by atoms with Gasteiger partial charge in [0, 0.05) is 47.7 Å². The zero-order valence-electron chi connectivity index (χ0n) is 18.9. The minimum atomic E-state index is 0.969. The number of aromatic nitrogens is 1. The molecule has 32 heavy (non-hydrogen) atoms. The number of fused-ring (bicyclic) bond motifs is 4. The monoisotopic (exact) mass is 419 g/mol. The minimum absolute atomic E-state index is 0.969. The van der Waals surface area contributed by atoms with E-state index < -0.39 is 0 Å². The lowest BCUT2D eigenvalue weighted by molar-refractivity contribution is -0.660. The Kier molecular flexibility index (Phi) is 4.32. The maximum atomic E-state index is 6.75. The molecule has 158 valence electrons. The molecule has 0 N–H and O–H groups in total. The maximum absolute atomic E-state index is 6.75. The molecule has 0 spiro atoms. The fourth-order valence-electron chi connectivity index (χ4n) is 5.33. The first-order chi connectivity index (χ1) is 15.6. The van der Waals surface area contributed by atoms with Gasteiger partial charge in [-0.05, 0) is 48.6 Å². The molecule has 0 bridgehead atoms. The van der Waals surface area contributed by atoms with Crippen molar-refractivity contribution in [2.75, 3.05) is 18.5 Å². The van der Waals surface area contributed by atoms with Gasteiger partial charge in [0.1, 0.15) is 18.2 Å². The number of aryl methyl sites for hydroxylation is 2. The lowest BCUT2D eigenvalue weighted by Crippen LogP contribution is -2.30. The van der Waals surface area contributed by atoms with E-state index in [0.29, 0.717) is 0 Å². The second-order valence-electron chi connectivity index (χ2n) is 8.94. The molecule has 0 amide bonds. The van der Waals surface area contributed by atoms with Crippen molar-refractivity contribution >= 4 is 27.6 Å². The van der Waals surface area contributed by atoms with E-state index >= 15 is 0 Å². The second-order valence-corrected chi connectivity index (χ2v) is 8.94. The van der Waals surface area contributed by atoms with Crippen molar-refractivity contribution in [2.24, 2.45) is 7.05 Å². The highest BCUT2D eigenvalue weighted by atomic mass is 16.3. The van der Waals surface area contributed by atoms with Gasteiger partial charge in [-0.1, -0.05) is 42.5 Å². The number of furan rings is 1. The highest BCUT2D eigenvalue weighted by molar-refractivity contribution is 6.13. The molecule has 0 unspecified atom stereocenters. The molecule has 0 saturated heterocycles. The molecule has 0 radical (unpaired) electrons. The summed E-state index contributed by atoms with van der Waals surface area (Å²) >= 11 is 0. The smallest absolute Gasteiger partial charge is 0.216 e. The van der Waals surface area contributed by atoms with E-state index in [1.165, 1.54) is 50.7 Å². The zero-order chi connectivity index (χ0) is 21.8. The van der Waals surface area contributed by atoms with Crippen LogP contribution in [0, 0.1) is 6.92 Å². The third-order valence-electron chi connectivity index (χ3n) is 6.96. The zero-order valence-corrected chi connectivity index (χ0v) is 18.9. The van der Waals surface area contributed by atoms with E-state index in [1.807, 2.05) is 0 Å². The van der Waals surface area contributed by atoms with Crippen LogP contribution in [0.5, 0.6) is 0 Å². The van der Waals surface area contributed by atoms with Crippen molar-refractivity contribution in [1.29, 1.82) is 0 Å². The molecule has 3 aromatic carbocycles. The first-order valence-electron chi connectivity index (χ1n) is 11.4. The number of hydrogen-bond donors (Lipinski definition) is 0. The summed E-state index contributed by atoms with van der Waals surface area (Å²) in [5.41, 5.74) is 10.8. The first kappa shape index (κ1) is 19.1. The lowest BCUT2D eigenvalue weighted by atomic mass is 9.91. The predicted octanol–water partition coefficient (Wildman–Crippen LogP) is 6.44. The molecule has 1 aliphatic rings. The van der Waals surface area contributed by atoms with Crippen molar-refractivity contribution in [2.45, 2.75) is 19.8 Å². The average molecular weight is 420 g/mol. The highest BCUT2D eigenvalue weighted by Crippen LogP contribution is 2.43. The van der Waals surface area contributed by atoms with E-state index in [4.69, 9.17) is 4.42 Å². The molecule has 1 aliphatic heterocycles. The Morgan fingerprint density at radius 2 is 1.66 bits per heavy atom. The number of pyridine rings is 1. The van der Waals surface area contributed by atoms with Crippen LogP contribution in [0.3, 0.4) is 0 Å². The van der Waals surface area contributed by atoms with Crippen LogP contribution in [-0.4, -0.2) is 13.6 Å². The fourth-order valence-corrected chi connectivity index (χ4v) is 5.33. The Hall–Kier alpha value is -3.59. The first-order valence-corrected chi connectivity index (χ1v) is 11.4. The molecule has 0 aliphatic carbocycles. The van der Waals surface area contributed by atoms with Crippen molar-refractivity contribution in [3.63, 3.8) is 0 Å². The van der Waals surface area contributed by atoms with Gasteiger partial charge in [-0.2, -0.15) is 0 Å². The molecule has 0 atom stereocenters. The Bertz CT molecular complexity index is 1490. The van der Waals surface area contributed by atoms with Gasteiger partial charge < -0.3 is 9.32 Å². The SMILES string of the molecule is Cc1ccc2c(oc3c(-c4cccc5c4CCCN5C)cccc32)c1-c1cccc[n+]1C. The van der Waals surface area contributed by atoms with Crippen LogP contribution >= 0.6 is 0 Å². The van der Waals surface area contributed by atoms with Crippen molar-refractivity contribution < 1.29 is 8.98 Å². The van der Waals surface area contributed by atoms with Crippen LogP contribution in [0.25, 0.3) is 44.3 Å². The molecule has 5 aromatic rings. The van der Waals surface area contributed by atoms with E-state index in [-0.39, 0.29) is 0 Å². The second kappa shape index (κ2) is 7.23. The molecule has 2 aromatic heterocycles. The summed E-state index contributed by atoms with van der Waals surface area (Å²) in [5, 5.41) is 2.35. The third kappa shape index (κ3) is 2.77. The number of para-hydroxylation sites is 1.